The number of nitrogens with zero attached hydrogens (tertiary/aromatic N) is 1. The van der Waals surface area contributed by atoms with Gasteiger partial charge in [0.1, 0.15) is 10.7 Å². The lowest BCUT2D eigenvalue weighted by atomic mass is 10.1. The number of halogens is 3. The molecule has 1 aliphatic heterocycles. The molecule has 0 aliphatic carbocycles. The van der Waals surface area contributed by atoms with Gasteiger partial charge in [0.15, 0.2) is 0 Å². The van der Waals surface area contributed by atoms with Crippen molar-refractivity contribution in [2.75, 3.05) is 4.90 Å². The molecular weight excluding hydrogens is 448 g/mol. The number of hydrogen-bond donors (Lipinski definition) is 0. The Kier molecular flexibility index (Phi) is 5.18. The van der Waals surface area contributed by atoms with E-state index in [1.54, 1.807) is 30.3 Å². The van der Waals surface area contributed by atoms with Crippen LogP contribution in [0.15, 0.2) is 76.7 Å². The first-order valence-electron chi connectivity index (χ1n) is 8.80. The summed E-state index contributed by atoms with van der Waals surface area (Å²) in [6.45, 7) is 1.86. The molecule has 8 heteroatoms. The van der Waals surface area contributed by atoms with Crippen LogP contribution < -0.4 is 4.90 Å². The third kappa shape index (κ3) is 3.51. The van der Waals surface area contributed by atoms with Crippen LogP contribution in [-0.2, 0) is 9.84 Å². The number of Topliss-reactive ketones (excluding diaryl/α,β-unsaturated/α-hetero) is 1. The molecule has 4 rings (SSSR count). The SMILES string of the molecule is Cc1ccc(C(=O)C2=CN(c3ccc(Cl)c(Cl)c3)c3cc(F)ccc3S2(=O)=O)cc1. The molecule has 0 spiro atoms. The van der Waals surface area contributed by atoms with Crippen LogP contribution >= 0.6 is 23.2 Å². The number of sulfone groups is 1. The fraction of sp³-hybridized carbons (Fsp3) is 0.0455. The minimum absolute atomic E-state index is 0.0776. The van der Waals surface area contributed by atoms with Crippen molar-refractivity contribution in [1.29, 1.82) is 0 Å². The Bertz CT molecular complexity index is 1320. The topological polar surface area (TPSA) is 54.5 Å². The van der Waals surface area contributed by atoms with Crippen molar-refractivity contribution in [2.24, 2.45) is 0 Å². The lowest BCUT2D eigenvalue weighted by molar-refractivity contribution is 0.104. The summed E-state index contributed by atoms with van der Waals surface area (Å²) in [7, 11) is -4.17. The molecule has 0 amide bonds. The Morgan fingerprint density at radius 1 is 0.933 bits per heavy atom. The van der Waals surface area contributed by atoms with Gasteiger partial charge >= 0.3 is 0 Å². The van der Waals surface area contributed by atoms with Gasteiger partial charge in [0.2, 0.25) is 15.6 Å². The molecular formula is C22H14Cl2FNO3S. The fourth-order valence-corrected chi connectivity index (χ4v) is 4.97. The van der Waals surface area contributed by atoms with E-state index in [4.69, 9.17) is 23.2 Å². The summed E-state index contributed by atoms with van der Waals surface area (Å²) in [5.74, 6) is -1.27. The molecule has 0 unspecified atom stereocenters. The van der Waals surface area contributed by atoms with Gasteiger partial charge in [0.05, 0.1) is 20.6 Å². The molecule has 1 aliphatic rings. The van der Waals surface area contributed by atoms with Crippen LogP contribution in [0.3, 0.4) is 0 Å². The molecule has 0 atom stereocenters. The molecule has 0 saturated heterocycles. The molecule has 0 fully saturated rings. The number of rotatable bonds is 3. The van der Waals surface area contributed by atoms with E-state index in [-0.39, 0.29) is 21.2 Å². The zero-order valence-corrected chi connectivity index (χ0v) is 17.9. The summed E-state index contributed by atoms with van der Waals surface area (Å²) in [5, 5.41) is 0.546. The second kappa shape index (κ2) is 7.54. The molecule has 3 aromatic carbocycles. The number of ketones is 1. The molecule has 0 aromatic heterocycles. The monoisotopic (exact) mass is 461 g/mol. The van der Waals surface area contributed by atoms with Gasteiger partial charge in [-0.05, 0) is 43.3 Å². The summed E-state index contributed by atoms with van der Waals surface area (Å²) in [6, 6.07) is 14.5. The summed E-state index contributed by atoms with van der Waals surface area (Å²) >= 11 is 12.1. The third-order valence-electron chi connectivity index (χ3n) is 4.72. The highest BCUT2D eigenvalue weighted by Gasteiger charge is 2.36. The van der Waals surface area contributed by atoms with Crippen molar-refractivity contribution in [3.63, 3.8) is 0 Å². The first-order valence-corrected chi connectivity index (χ1v) is 11.0. The quantitative estimate of drug-likeness (QED) is 0.349. The smallest absolute Gasteiger partial charge is 0.214 e. The highest BCUT2D eigenvalue weighted by molar-refractivity contribution is 7.96. The predicted molar refractivity (Wildman–Crippen MR) is 116 cm³/mol. The van der Waals surface area contributed by atoms with Crippen molar-refractivity contribution < 1.29 is 17.6 Å². The standard InChI is InChI=1S/C22H14Cl2FNO3S/c1-13-2-4-14(5-3-13)22(27)21-12-26(16-7-8-17(23)18(24)11-16)19-10-15(25)6-9-20(19)30(21,28)29/h2-12H,1H3. The number of benzene rings is 3. The Balaban J connectivity index is 1.94. The summed E-state index contributed by atoms with van der Waals surface area (Å²) in [6.07, 6.45) is 1.19. The van der Waals surface area contributed by atoms with E-state index in [0.717, 1.165) is 23.8 Å². The fourth-order valence-electron chi connectivity index (χ4n) is 3.16. The minimum atomic E-state index is -4.17. The molecule has 0 radical (unpaired) electrons. The van der Waals surface area contributed by atoms with Crippen molar-refractivity contribution in [3.05, 3.63) is 98.8 Å². The normalized spacial score (nSPS) is 14.8. The highest BCUT2D eigenvalue weighted by Crippen LogP contribution is 2.42. The average molecular weight is 462 g/mol. The Hall–Kier alpha value is -2.67. The van der Waals surface area contributed by atoms with E-state index in [9.17, 15) is 17.6 Å². The van der Waals surface area contributed by atoms with Crippen LogP contribution in [0.2, 0.25) is 10.0 Å². The Morgan fingerprint density at radius 2 is 1.63 bits per heavy atom. The molecule has 0 N–H and O–H groups in total. The van der Waals surface area contributed by atoms with E-state index >= 15 is 0 Å². The number of carbonyl (C=O) groups excluding carboxylic acids is 1. The first-order chi connectivity index (χ1) is 14.2. The van der Waals surface area contributed by atoms with Gasteiger partial charge in [-0.1, -0.05) is 53.0 Å². The maximum atomic E-state index is 14.0. The van der Waals surface area contributed by atoms with E-state index < -0.39 is 26.3 Å². The van der Waals surface area contributed by atoms with Crippen molar-refractivity contribution in [2.45, 2.75) is 11.8 Å². The van der Waals surface area contributed by atoms with Crippen LogP contribution in [0.4, 0.5) is 15.8 Å². The zero-order valence-electron chi connectivity index (χ0n) is 15.6. The van der Waals surface area contributed by atoms with Gasteiger partial charge in [0.25, 0.3) is 0 Å². The lowest BCUT2D eigenvalue weighted by Gasteiger charge is -2.29. The van der Waals surface area contributed by atoms with Crippen LogP contribution in [-0.4, -0.2) is 14.2 Å². The van der Waals surface area contributed by atoms with Gasteiger partial charge in [-0.2, -0.15) is 0 Å². The zero-order chi connectivity index (χ0) is 21.6. The van der Waals surface area contributed by atoms with E-state index in [1.165, 1.54) is 23.2 Å². The number of hydrogen-bond acceptors (Lipinski definition) is 4. The maximum Gasteiger partial charge on any atom is 0.214 e. The highest BCUT2D eigenvalue weighted by atomic mass is 35.5. The molecule has 0 bridgehead atoms. The van der Waals surface area contributed by atoms with Crippen molar-refractivity contribution in [3.8, 4) is 0 Å². The second-order valence-corrected chi connectivity index (χ2v) is 9.47. The third-order valence-corrected chi connectivity index (χ3v) is 7.26. The number of aryl methyl sites for hydroxylation is 1. The Morgan fingerprint density at radius 3 is 2.30 bits per heavy atom. The van der Waals surface area contributed by atoms with Gasteiger partial charge < -0.3 is 4.90 Å². The van der Waals surface area contributed by atoms with E-state index in [2.05, 4.69) is 0 Å². The maximum absolute atomic E-state index is 14.0. The summed E-state index contributed by atoms with van der Waals surface area (Å²) in [5.41, 5.74) is 1.68. The summed E-state index contributed by atoms with van der Waals surface area (Å²) in [4.78, 5) is 13.9. The van der Waals surface area contributed by atoms with Gasteiger partial charge in [-0.3, -0.25) is 4.79 Å². The first kappa shape index (κ1) is 20.6. The molecule has 30 heavy (non-hydrogen) atoms. The van der Waals surface area contributed by atoms with Crippen molar-refractivity contribution >= 4 is 50.2 Å². The number of fused-ring (bicyclic) bond motifs is 1. The largest absolute Gasteiger partial charge is 0.314 e. The molecule has 0 saturated carbocycles. The number of anilines is 2. The second-order valence-electron chi connectivity index (χ2n) is 6.77. The lowest BCUT2D eigenvalue weighted by Crippen LogP contribution is -2.26. The average Bonchev–Trinajstić information content (AvgIpc) is 2.70. The molecule has 152 valence electrons. The van der Waals surface area contributed by atoms with Crippen molar-refractivity contribution in [1.82, 2.24) is 0 Å². The number of allylic oxidation sites excluding steroid dienone is 1. The molecule has 1 heterocycles. The van der Waals surface area contributed by atoms with Gasteiger partial charge in [-0.25, -0.2) is 12.8 Å². The minimum Gasteiger partial charge on any atom is -0.314 e. The molecule has 3 aromatic rings. The van der Waals surface area contributed by atoms with Crippen LogP contribution in [0, 0.1) is 12.7 Å². The molecule has 4 nitrogen and oxygen atoms in total. The van der Waals surface area contributed by atoms with Crippen LogP contribution in [0.25, 0.3) is 0 Å². The summed E-state index contributed by atoms with van der Waals surface area (Å²) < 4.78 is 40.4. The van der Waals surface area contributed by atoms with Crippen LogP contribution in [0.1, 0.15) is 15.9 Å². The van der Waals surface area contributed by atoms with Gasteiger partial charge in [-0.15, -0.1) is 0 Å². The van der Waals surface area contributed by atoms with Crippen LogP contribution in [0.5, 0.6) is 0 Å². The predicted octanol–water partition coefficient (Wildman–Crippen LogP) is 6.09. The Labute approximate surface area is 183 Å². The number of carbonyl (C=O) groups is 1. The van der Waals surface area contributed by atoms with E-state index in [0.29, 0.717) is 10.7 Å². The van der Waals surface area contributed by atoms with Gasteiger partial charge in [0, 0.05) is 17.5 Å². The van der Waals surface area contributed by atoms with E-state index in [1.807, 2.05) is 6.92 Å².